The lowest BCUT2D eigenvalue weighted by Crippen LogP contribution is -2.58. The number of ether oxygens (including phenoxy) is 1. The van der Waals surface area contributed by atoms with E-state index in [-0.39, 0.29) is 18.1 Å². The average Bonchev–Trinajstić information content (AvgIpc) is 3.25. The number of methoxy groups -OCH3 is 1. The number of carbonyl (C=O) groups is 1. The Morgan fingerprint density at radius 1 is 0.933 bits per heavy atom. The minimum atomic E-state index is -0.0109. The summed E-state index contributed by atoms with van der Waals surface area (Å²) in [5, 5.41) is 1.83. The van der Waals surface area contributed by atoms with Crippen molar-refractivity contribution in [3.05, 3.63) is 95.6 Å². The number of nitrogens with zero attached hydrogens (tertiary/aromatic N) is 2. The zero-order chi connectivity index (χ0) is 20.5. The third-order valence-electron chi connectivity index (χ3n) is 6.08. The van der Waals surface area contributed by atoms with Gasteiger partial charge in [0.1, 0.15) is 11.9 Å². The van der Waals surface area contributed by atoms with Crippen molar-refractivity contribution >= 4 is 11.6 Å². The van der Waals surface area contributed by atoms with E-state index in [1.165, 1.54) is 5.56 Å². The number of rotatable bonds is 5. The van der Waals surface area contributed by atoms with E-state index in [4.69, 9.17) is 4.74 Å². The van der Waals surface area contributed by atoms with E-state index in [1.54, 1.807) is 7.11 Å². The monoisotopic (exact) mass is 399 g/mol. The molecule has 3 aromatic rings. The summed E-state index contributed by atoms with van der Waals surface area (Å²) in [5.41, 5.74) is 7.57. The van der Waals surface area contributed by atoms with E-state index in [0.717, 1.165) is 35.4 Å². The van der Waals surface area contributed by atoms with E-state index in [9.17, 15) is 4.79 Å². The van der Waals surface area contributed by atoms with E-state index in [2.05, 4.69) is 40.7 Å². The Labute approximate surface area is 176 Å². The summed E-state index contributed by atoms with van der Waals surface area (Å²) in [6, 6.07) is 26.6. The number of hydrazine groups is 1. The molecule has 5 nitrogen and oxygen atoms in total. The Balaban J connectivity index is 1.48. The number of hydrogen-bond donors (Lipinski definition) is 1. The van der Waals surface area contributed by atoms with Gasteiger partial charge in [0.25, 0.3) is 5.91 Å². The summed E-state index contributed by atoms with van der Waals surface area (Å²) in [4.78, 5) is 15.7. The maximum atomic E-state index is 13.3. The topological polar surface area (TPSA) is 44.8 Å². The molecule has 1 saturated heterocycles. The van der Waals surface area contributed by atoms with Crippen LogP contribution in [0.4, 0.5) is 5.69 Å². The standard InChI is InChI=1S/C25H25N3O2/c1-30-20-13-11-19(12-14-20)22-15-16-24-27(22)23-10-6-5-9-21(23)25(29)28(24)26-17-18-7-3-2-4-8-18/h2-14,22,24,26H,15-17H2,1H3/t22-,24+/m1/s1. The van der Waals surface area contributed by atoms with Crippen LogP contribution in [0.25, 0.3) is 0 Å². The van der Waals surface area contributed by atoms with Gasteiger partial charge in [0.05, 0.1) is 24.4 Å². The Hall–Kier alpha value is -3.31. The van der Waals surface area contributed by atoms with Gasteiger partial charge in [-0.25, -0.2) is 5.43 Å². The van der Waals surface area contributed by atoms with Crippen molar-refractivity contribution in [2.24, 2.45) is 0 Å². The molecular weight excluding hydrogens is 374 g/mol. The first kappa shape index (κ1) is 18.7. The largest absolute Gasteiger partial charge is 0.497 e. The molecule has 0 aliphatic carbocycles. The van der Waals surface area contributed by atoms with Crippen LogP contribution in [0.15, 0.2) is 78.9 Å². The third-order valence-corrected chi connectivity index (χ3v) is 6.08. The number of anilines is 1. The SMILES string of the molecule is COc1ccc([C@H]2CC[C@@H]3N(NCc4ccccc4)C(=O)c4ccccc4N23)cc1. The summed E-state index contributed by atoms with van der Waals surface area (Å²) in [6.45, 7) is 0.617. The van der Waals surface area contributed by atoms with Gasteiger partial charge < -0.3 is 9.64 Å². The Morgan fingerprint density at radius 3 is 2.43 bits per heavy atom. The molecule has 2 aliphatic heterocycles. The van der Waals surface area contributed by atoms with Crippen LogP contribution in [0, 0.1) is 0 Å². The van der Waals surface area contributed by atoms with E-state index in [1.807, 2.05) is 53.5 Å². The highest BCUT2D eigenvalue weighted by molar-refractivity contribution is 6.02. The molecule has 0 saturated carbocycles. The minimum absolute atomic E-state index is 0.0109. The molecule has 2 heterocycles. The number of carbonyl (C=O) groups excluding carboxylic acids is 1. The molecule has 2 aliphatic rings. The smallest absolute Gasteiger partial charge is 0.272 e. The lowest BCUT2D eigenvalue weighted by molar-refractivity contribution is 0.0516. The summed E-state index contributed by atoms with van der Waals surface area (Å²) in [7, 11) is 1.68. The molecule has 152 valence electrons. The number of hydrogen-bond acceptors (Lipinski definition) is 4. The number of amides is 1. The molecule has 1 fully saturated rings. The maximum absolute atomic E-state index is 13.3. The molecule has 0 aromatic heterocycles. The molecule has 3 aromatic carbocycles. The Kier molecular flexibility index (Phi) is 4.89. The van der Waals surface area contributed by atoms with Gasteiger partial charge in [-0.05, 0) is 48.2 Å². The van der Waals surface area contributed by atoms with E-state index < -0.39 is 0 Å². The zero-order valence-electron chi connectivity index (χ0n) is 17.0. The molecule has 0 spiro atoms. The molecule has 1 N–H and O–H groups in total. The molecule has 5 heteroatoms. The normalized spacial score (nSPS) is 20.1. The number of nitrogens with one attached hydrogen (secondary N) is 1. The van der Waals surface area contributed by atoms with Gasteiger partial charge in [0.2, 0.25) is 0 Å². The van der Waals surface area contributed by atoms with Crippen molar-refractivity contribution in [2.75, 3.05) is 12.0 Å². The molecule has 0 bridgehead atoms. The van der Waals surface area contributed by atoms with Crippen LogP contribution in [0.3, 0.4) is 0 Å². The summed E-state index contributed by atoms with van der Waals surface area (Å²) >= 11 is 0. The van der Waals surface area contributed by atoms with Crippen LogP contribution in [-0.4, -0.2) is 24.2 Å². The third kappa shape index (κ3) is 3.21. The predicted molar refractivity (Wildman–Crippen MR) is 117 cm³/mol. The fraction of sp³-hybridized carbons (Fsp3) is 0.240. The Morgan fingerprint density at radius 2 is 1.67 bits per heavy atom. The molecule has 0 radical (unpaired) electrons. The summed E-state index contributed by atoms with van der Waals surface area (Å²) in [5.74, 6) is 0.895. The molecule has 2 atom stereocenters. The Bertz CT molecular complexity index is 1040. The first-order valence-corrected chi connectivity index (χ1v) is 10.4. The first-order chi connectivity index (χ1) is 14.8. The van der Waals surface area contributed by atoms with Crippen molar-refractivity contribution in [3.63, 3.8) is 0 Å². The van der Waals surface area contributed by atoms with Crippen LogP contribution in [0.5, 0.6) is 5.75 Å². The van der Waals surface area contributed by atoms with Crippen molar-refractivity contribution < 1.29 is 9.53 Å². The van der Waals surface area contributed by atoms with Crippen LogP contribution in [-0.2, 0) is 6.54 Å². The second-order valence-corrected chi connectivity index (χ2v) is 7.77. The average molecular weight is 399 g/mol. The number of benzene rings is 3. The fourth-order valence-corrected chi connectivity index (χ4v) is 4.62. The van der Waals surface area contributed by atoms with Gasteiger partial charge in [-0.2, -0.15) is 0 Å². The van der Waals surface area contributed by atoms with E-state index >= 15 is 0 Å². The zero-order valence-corrected chi connectivity index (χ0v) is 17.0. The molecule has 30 heavy (non-hydrogen) atoms. The molecular formula is C25H25N3O2. The maximum Gasteiger partial charge on any atom is 0.272 e. The molecule has 5 rings (SSSR count). The first-order valence-electron chi connectivity index (χ1n) is 10.4. The number of para-hydroxylation sites is 1. The van der Waals surface area contributed by atoms with Gasteiger partial charge in [0.15, 0.2) is 0 Å². The predicted octanol–water partition coefficient (Wildman–Crippen LogP) is 4.52. The summed E-state index contributed by atoms with van der Waals surface area (Å²) < 4.78 is 5.32. The van der Waals surface area contributed by atoms with Crippen molar-refractivity contribution in [2.45, 2.75) is 31.6 Å². The molecule has 1 amide bonds. The lowest BCUT2D eigenvalue weighted by Gasteiger charge is -2.44. The van der Waals surface area contributed by atoms with Gasteiger partial charge in [-0.3, -0.25) is 9.80 Å². The van der Waals surface area contributed by atoms with Crippen LogP contribution in [0.2, 0.25) is 0 Å². The van der Waals surface area contributed by atoms with Gasteiger partial charge in [0, 0.05) is 6.54 Å². The van der Waals surface area contributed by atoms with Crippen molar-refractivity contribution in [1.29, 1.82) is 0 Å². The van der Waals surface area contributed by atoms with Crippen LogP contribution >= 0.6 is 0 Å². The fourth-order valence-electron chi connectivity index (χ4n) is 4.62. The van der Waals surface area contributed by atoms with E-state index in [0.29, 0.717) is 6.54 Å². The highest BCUT2D eigenvalue weighted by atomic mass is 16.5. The van der Waals surface area contributed by atoms with Crippen LogP contribution in [0.1, 0.15) is 40.4 Å². The van der Waals surface area contributed by atoms with Crippen molar-refractivity contribution in [3.8, 4) is 5.75 Å². The van der Waals surface area contributed by atoms with Gasteiger partial charge in [-0.15, -0.1) is 0 Å². The lowest BCUT2D eigenvalue weighted by atomic mass is 10.0. The van der Waals surface area contributed by atoms with Gasteiger partial charge in [-0.1, -0.05) is 54.6 Å². The molecule has 0 unspecified atom stereocenters. The second kappa shape index (κ2) is 7.84. The quantitative estimate of drug-likeness (QED) is 0.685. The highest BCUT2D eigenvalue weighted by Crippen LogP contribution is 2.45. The number of fused-ring (bicyclic) bond motifs is 3. The van der Waals surface area contributed by atoms with Crippen molar-refractivity contribution in [1.82, 2.24) is 10.4 Å². The van der Waals surface area contributed by atoms with Crippen LogP contribution < -0.4 is 15.1 Å². The van der Waals surface area contributed by atoms with Gasteiger partial charge >= 0.3 is 0 Å². The summed E-state index contributed by atoms with van der Waals surface area (Å²) in [6.07, 6.45) is 1.89. The highest BCUT2D eigenvalue weighted by Gasteiger charge is 2.45. The second-order valence-electron chi connectivity index (χ2n) is 7.77. The minimum Gasteiger partial charge on any atom is -0.497 e.